The van der Waals surface area contributed by atoms with Crippen molar-refractivity contribution in [3.8, 4) is 0 Å². The van der Waals surface area contributed by atoms with E-state index in [1.54, 1.807) is 28.8 Å². The third kappa shape index (κ3) is 5.14. The summed E-state index contributed by atoms with van der Waals surface area (Å²) in [5, 5.41) is 4.55. The van der Waals surface area contributed by atoms with Gasteiger partial charge in [0.05, 0.1) is 16.7 Å². The van der Waals surface area contributed by atoms with E-state index >= 15 is 0 Å². The van der Waals surface area contributed by atoms with Crippen LogP contribution < -0.4 is 10.9 Å². The van der Waals surface area contributed by atoms with Crippen molar-refractivity contribution in [3.63, 3.8) is 0 Å². The highest BCUT2D eigenvalue weighted by molar-refractivity contribution is 7.99. The van der Waals surface area contributed by atoms with Crippen LogP contribution >= 0.6 is 23.4 Å². The molecule has 0 aliphatic heterocycles. The first-order valence-corrected chi connectivity index (χ1v) is 10.7. The fourth-order valence-electron chi connectivity index (χ4n) is 3.40. The third-order valence-electron chi connectivity index (χ3n) is 4.84. The molecule has 5 nitrogen and oxygen atoms in total. The van der Waals surface area contributed by atoms with E-state index in [2.05, 4.69) is 16.9 Å². The smallest absolute Gasteiger partial charge is 0.262 e. The van der Waals surface area contributed by atoms with Crippen LogP contribution in [0.4, 0.5) is 0 Å². The van der Waals surface area contributed by atoms with Crippen molar-refractivity contribution < 1.29 is 4.79 Å². The minimum absolute atomic E-state index is 0.0313. The molecule has 0 unspecified atom stereocenters. The van der Waals surface area contributed by atoms with Crippen LogP contribution in [-0.4, -0.2) is 27.8 Å². The molecular formula is C20H24ClN3O2S. The number of hydrogen-bond donors (Lipinski definition) is 1. The first-order valence-electron chi connectivity index (χ1n) is 9.29. The minimum Gasteiger partial charge on any atom is -0.355 e. The molecule has 0 spiro atoms. The molecule has 0 bridgehead atoms. The van der Waals surface area contributed by atoms with Crippen molar-refractivity contribution in [1.82, 2.24) is 14.9 Å². The van der Waals surface area contributed by atoms with Gasteiger partial charge in [0.15, 0.2) is 5.16 Å². The molecule has 1 aromatic heterocycles. The Hall–Kier alpha value is -1.79. The highest BCUT2D eigenvalue weighted by atomic mass is 35.5. The van der Waals surface area contributed by atoms with E-state index in [9.17, 15) is 9.59 Å². The van der Waals surface area contributed by atoms with Gasteiger partial charge in [-0.15, -0.1) is 6.58 Å². The van der Waals surface area contributed by atoms with E-state index in [1.807, 2.05) is 0 Å². The van der Waals surface area contributed by atoms with Gasteiger partial charge in [-0.3, -0.25) is 14.2 Å². The lowest BCUT2D eigenvalue weighted by Crippen LogP contribution is -2.31. The molecule has 7 heteroatoms. The Morgan fingerprint density at radius 3 is 2.89 bits per heavy atom. The number of hydrogen-bond acceptors (Lipinski definition) is 4. The highest BCUT2D eigenvalue weighted by Gasteiger charge is 2.16. The quantitative estimate of drug-likeness (QED) is 0.429. The summed E-state index contributed by atoms with van der Waals surface area (Å²) in [7, 11) is 0. The molecule has 2 aromatic rings. The Labute approximate surface area is 168 Å². The molecule has 144 valence electrons. The number of nitrogens with one attached hydrogen (secondary N) is 1. The molecule has 27 heavy (non-hydrogen) atoms. The Morgan fingerprint density at radius 1 is 1.37 bits per heavy atom. The number of carbonyl (C=O) groups excluding carboxylic acids is 1. The molecule has 1 amide bonds. The number of nitrogens with zero attached hydrogens (tertiary/aromatic N) is 2. The lowest BCUT2D eigenvalue weighted by Gasteiger charge is -2.21. The van der Waals surface area contributed by atoms with E-state index in [1.165, 1.54) is 43.9 Å². The second-order valence-electron chi connectivity index (χ2n) is 6.86. The summed E-state index contributed by atoms with van der Waals surface area (Å²) in [5.41, 5.74) is 0.389. The summed E-state index contributed by atoms with van der Waals surface area (Å²) in [6.07, 6.45) is 7.86. The van der Waals surface area contributed by atoms with E-state index in [0.717, 1.165) is 6.54 Å². The molecule has 1 fully saturated rings. The number of benzene rings is 1. The van der Waals surface area contributed by atoms with Crippen LogP contribution in [0, 0.1) is 5.92 Å². The van der Waals surface area contributed by atoms with Crippen LogP contribution in [0.2, 0.25) is 5.02 Å². The zero-order chi connectivity index (χ0) is 19.2. The molecule has 0 atom stereocenters. The van der Waals surface area contributed by atoms with Gasteiger partial charge in [0.2, 0.25) is 5.91 Å². The summed E-state index contributed by atoms with van der Waals surface area (Å²) >= 11 is 7.30. The van der Waals surface area contributed by atoms with E-state index in [4.69, 9.17) is 11.6 Å². The summed E-state index contributed by atoms with van der Waals surface area (Å²) in [6, 6.07) is 5.03. The first kappa shape index (κ1) is 20.0. The molecule has 1 saturated carbocycles. The Balaban J connectivity index is 1.71. The number of aromatic nitrogens is 2. The maximum absolute atomic E-state index is 12.7. The van der Waals surface area contributed by atoms with Gasteiger partial charge in [0, 0.05) is 18.1 Å². The monoisotopic (exact) mass is 405 g/mol. The van der Waals surface area contributed by atoms with E-state index < -0.39 is 0 Å². The third-order valence-corrected chi connectivity index (χ3v) is 6.05. The van der Waals surface area contributed by atoms with Gasteiger partial charge in [-0.2, -0.15) is 0 Å². The van der Waals surface area contributed by atoms with Gasteiger partial charge in [-0.1, -0.05) is 48.7 Å². The average Bonchev–Trinajstić information content (AvgIpc) is 2.68. The van der Waals surface area contributed by atoms with E-state index in [0.29, 0.717) is 33.5 Å². The van der Waals surface area contributed by atoms with Crippen LogP contribution in [0.5, 0.6) is 0 Å². The lowest BCUT2D eigenvalue weighted by atomic mass is 9.89. The number of thioether (sulfide) groups is 1. The zero-order valence-electron chi connectivity index (χ0n) is 15.2. The molecule has 1 aliphatic rings. The van der Waals surface area contributed by atoms with Crippen molar-refractivity contribution in [2.45, 2.75) is 43.8 Å². The predicted octanol–water partition coefficient (Wildman–Crippen LogP) is 4.02. The minimum atomic E-state index is -0.151. The fraction of sp³-hybridized carbons (Fsp3) is 0.450. The first-order chi connectivity index (χ1) is 13.1. The largest absolute Gasteiger partial charge is 0.355 e. The SMILES string of the molecule is C=CCn1c(SCC(=O)NCC2CCCCC2)nc2cc(Cl)ccc2c1=O. The van der Waals surface area contributed by atoms with Gasteiger partial charge in [0.25, 0.3) is 5.56 Å². The molecular weight excluding hydrogens is 382 g/mol. The molecule has 1 N–H and O–H groups in total. The maximum atomic E-state index is 12.7. The van der Waals surface area contributed by atoms with Crippen molar-refractivity contribution in [2.75, 3.05) is 12.3 Å². The van der Waals surface area contributed by atoms with Crippen molar-refractivity contribution in [3.05, 3.63) is 46.2 Å². The summed E-state index contributed by atoms with van der Waals surface area (Å²) in [5.74, 6) is 0.784. The zero-order valence-corrected chi connectivity index (χ0v) is 16.8. The molecule has 0 saturated heterocycles. The summed E-state index contributed by atoms with van der Waals surface area (Å²) in [6.45, 7) is 4.79. The summed E-state index contributed by atoms with van der Waals surface area (Å²) in [4.78, 5) is 29.5. The van der Waals surface area contributed by atoms with Crippen LogP contribution in [0.15, 0.2) is 40.8 Å². The molecule has 3 rings (SSSR count). The maximum Gasteiger partial charge on any atom is 0.262 e. The number of amides is 1. The Bertz CT molecular complexity index is 891. The van der Waals surface area contributed by atoms with Crippen molar-refractivity contribution in [1.29, 1.82) is 0 Å². The molecule has 1 aromatic carbocycles. The standard InChI is InChI=1S/C20H24ClN3O2S/c1-2-10-24-19(26)16-9-8-15(21)11-17(16)23-20(24)27-13-18(25)22-12-14-6-4-3-5-7-14/h2,8-9,11,14H,1,3-7,10,12-13H2,(H,22,25). The second kappa shape index (κ2) is 9.42. The fourth-order valence-corrected chi connectivity index (χ4v) is 4.41. The number of rotatable bonds is 7. The molecule has 1 heterocycles. The molecule has 1 aliphatic carbocycles. The number of fused-ring (bicyclic) bond motifs is 1. The Kier molecular flexibility index (Phi) is 6.96. The summed E-state index contributed by atoms with van der Waals surface area (Å²) < 4.78 is 1.54. The normalized spacial score (nSPS) is 15.0. The van der Waals surface area contributed by atoms with Crippen LogP contribution in [0.1, 0.15) is 32.1 Å². The lowest BCUT2D eigenvalue weighted by molar-refractivity contribution is -0.118. The predicted molar refractivity (Wildman–Crippen MR) is 112 cm³/mol. The van der Waals surface area contributed by atoms with Gasteiger partial charge in [-0.25, -0.2) is 4.98 Å². The highest BCUT2D eigenvalue weighted by Crippen LogP contribution is 2.23. The van der Waals surface area contributed by atoms with Crippen LogP contribution in [0.3, 0.4) is 0 Å². The van der Waals surface area contributed by atoms with Gasteiger partial charge >= 0.3 is 0 Å². The van der Waals surface area contributed by atoms with Crippen molar-refractivity contribution >= 4 is 40.2 Å². The van der Waals surface area contributed by atoms with Gasteiger partial charge in [0.1, 0.15) is 0 Å². The van der Waals surface area contributed by atoms with E-state index in [-0.39, 0.29) is 17.2 Å². The molecule has 0 radical (unpaired) electrons. The number of carbonyl (C=O) groups is 1. The van der Waals surface area contributed by atoms with Gasteiger partial charge in [-0.05, 0) is 37.0 Å². The topological polar surface area (TPSA) is 64.0 Å². The van der Waals surface area contributed by atoms with Gasteiger partial charge < -0.3 is 5.32 Å². The second-order valence-corrected chi connectivity index (χ2v) is 8.24. The van der Waals surface area contributed by atoms with Crippen molar-refractivity contribution in [2.24, 2.45) is 5.92 Å². The average molecular weight is 406 g/mol. The van der Waals surface area contributed by atoms with Crippen LogP contribution in [0.25, 0.3) is 10.9 Å². The number of allylic oxidation sites excluding steroid dienone is 1. The van der Waals surface area contributed by atoms with Crippen LogP contribution in [-0.2, 0) is 11.3 Å². The Morgan fingerprint density at radius 2 is 2.15 bits per heavy atom. The number of halogens is 1.